The third kappa shape index (κ3) is 7.91. The second-order valence-corrected chi connectivity index (χ2v) is 13.7. The molecule has 4 aliphatic heterocycles. The van der Waals surface area contributed by atoms with E-state index in [0.29, 0.717) is 26.4 Å². The van der Waals surface area contributed by atoms with Crippen molar-refractivity contribution < 1.29 is 42.6 Å². The van der Waals surface area contributed by atoms with E-state index in [-0.39, 0.29) is 12.2 Å². The Hall–Kier alpha value is -2.96. The van der Waals surface area contributed by atoms with E-state index in [4.69, 9.17) is 42.6 Å². The second kappa shape index (κ2) is 14.5. The molecule has 0 aliphatic carbocycles. The van der Waals surface area contributed by atoms with E-state index in [1.54, 1.807) is 0 Å². The van der Waals surface area contributed by atoms with Crippen molar-refractivity contribution in [2.75, 3.05) is 6.61 Å². The highest BCUT2D eigenvalue weighted by molar-refractivity contribution is 5.17. The maximum absolute atomic E-state index is 6.72. The Balaban J connectivity index is 1.13. The summed E-state index contributed by atoms with van der Waals surface area (Å²) in [6, 6.07) is 30.4. The fourth-order valence-corrected chi connectivity index (χ4v) is 6.85. The van der Waals surface area contributed by atoms with Gasteiger partial charge >= 0.3 is 0 Å². The molecule has 9 heteroatoms. The molecule has 0 amide bonds. The lowest BCUT2D eigenvalue weighted by atomic mass is 9.97. The van der Waals surface area contributed by atoms with Crippen molar-refractivity contribution in [2.45, 2.75) is 114 Å². The Labute approximate surface area is 283 Å². The number of hydrogen-bond donors (Lipinski definition) is 0. The monoisotopic (exact) mass is 658 g/mol. The minimum Gasteiger partial charge on any atom is -0.374 e. The minimum atomic E-state index is -0.796. The maximum Gasteiger partial charge on any atom is 0.190 e. The summed E-state index contributed by atoms with van der Waals surface area (Å²) in [5, 5.41) is 0. The summed E-state index contributed by atoms with van der Waals surface area (Å²) in [6.07, 6.45) is 0.119. The van der Waals surface area contributed by atoms with Gasteiger partial charge in [0.15, 0.2) is 17.9 Å². The summed E-state index contributed by atoms with van der Waals surface area (Å²) in [7, 11) is 0. The van der Waals surface area contributed by atoms with Crippen molar-refractivity contribution in [2.24, 2.45) is 0 Å². The molecule has 4 fully saturated rings. The predicted molar refractivity (Wildman–Crippen MR) is 176 cm³/mol. The van der Waals surface area contributed by atoms with Crippen molar-refractivity contribution in [1.29, 1.82) is 0 Å². The molecule has 256 valence electrons. The predicted octanol–water partition coefficient (Wildman–Crippen LogP) is 6.09. The lowest BCUT2D eigenvalue weighted by Gasteiger charge is -2.36. The Morgan fingerprint density at radius 2 is 1.04 bits per heavy atom. The molecule has 3 aromatic carbocycles. The highest BCUT2D eigenvalue weighted by atomic mass is 16.9. The molecule has 0 unspecified atom stereocenters. The Kier molecular flexibility index (Phi) is 10.1. The van der Waals surface area contributed by atoms with Crippen LogP contribution in [-0.2, 0) is 62.5 Å². The zero-order chi connectivity index (χ0) is 33.1. The molecule has 0 aromatic heterocycles. The van der Waals surface area contributed by atoms with Gasteiger partial charge in [-0.25, -0.2) is 0 Å². The quantitative estimate of drug-likeness (QED) is 0.215. The molecule has 3 aromatic rings. The van der Waals surface area contributed by atoms with Crippen LogP contribution in [-0.4, -0.2) is 73.3 Å². The van der Waals surface area contributed by atoms with Gasteiger partial charge in [0.05, 0.1) is 26.4 Å². The summed E-state index contributed by atoms with van der Waals surface area (Å²) < 4.78 is 57.7. The van der Waals surface area contributed by atoms with E-state index in [9.17, 15) is 0 Å². The fourth-order valence-electron chi connectivity index (χ4n) is 6.85. The van der Waals surface area contributed by atoms with Gasteiger partial charge in [0, 0.05) is 0 Å². The van der Waals surface area contributed by atoms with Gasteiger partial charge in [-0.2, -0.15) is 0 Å². The summed E-state index contributed by atoms with van der Waals surface area (Å²) in [5.74, 6) is -1.59. The molecule has 9 atom stereocenters. The summed E-state index contributed by atoms with van der Waals surface area (Å²) >= 11 is 0. The number of hydrogen-bond acceptors (Lipinski definition) is 9. The fraction of sp³-hybridized carbons (Fsp3) is 0.487. The third-order valence-electron chi connectivity index (χ3n) is 8.99. The molecule has 0 spiro atoms. The highest BCUT2D eigenvalue weighted by Gasteiger charge is 2.60. The zero-order valence-electron chi connectivity index (χ0n) is 28.0. The largest absolute Gasteiger partial charge is 0.374 e. The van der Waals surface area contributed by atoms with E-state index >= 15 is 0 Å². The van der Waals surface area contributed by atoms with Crippen molar-refractivity contribution in [3.05, 3.63) is 120 Å². The first-order chi connectivity index (χ1) is 23.2. The average molecular weight is 659 g/mol. The van der Waals surface area contributed by atoms with E-state index in [1.165, 1.54) is 0 Å². The minimum absolute atomic E-state index is 0.337. The van der Waals surface area contributed by atoms with Gasteiger partial charge in [-0.15, -0.1) is 0 Å². The van der Waals surface area contributed by atoms with Crippen molar-refractivity contribution >= 4 is 0 Å². The first-order valence-electron chi connectivity index (χ1n) is 16.9. The number of benzene rings is 3. The normalized spacial score (nSPS) is 33.5. The van der Waals surface area contributed by atoms with Crippen LogP contribution in [0.5, 0.6) is 0 Å². The number of fused-ring (bicyclic) bond motifs is 3. The molecule has 48 heavy (non-hydrogen) atoms. The van der Waals surface area contributed by atoms with Gasteiger partial charge in [0.1, 0.15) is 48.8 Å². The third-order valence-corrected chi connectivity index (χ3v) is 8.99. The topological polar surface area (TPSA) is 83.1 Å². The second-order valence-electron chi connectivity index (χ2n) is 13.7. The van der Waals surface area contributed by atoms with Crippen LogP contribution < -0.4 is 0 Å². The van der Waals surface area contributed by atoms with Crippen molar-refractivity contribution in [1.82, 2.24) is 0 Å². The van der Waals surface area contributed by atoms with Gasteiger partial charge in [-0.1, -0.05) is 103 Å². The summed E-state index contributed by atoms with van der Waals surface area (Å²) in [6.45, 7) is 9.20. The van der Waals surface area contributed by atoms with Gasteiger partial charge < -0.3 is 42.6 Å². The molecule has 4 saturated heterocycles. The first kappa shape index (κ1) is 33.5. The van der Waals surface area contributed by atoms with E-state index in [0.717, 1.165) is 16.7 Å². The van der Waals surface area contributed by atoms with Crippen molar-refractivity contribution in [3.8, 4) is 0 Å². The maximum atomic E-state index is 6.72. The Morgan fingerprint density at radius 3 is 1.67 bits per heavy atom. The molecular weight excluding hydrogens is 612 g/mol. The molecule has 9 nitrogen and oxygen atoms in total. The van der Waals surface area contributed by atoms with Gasteiger partial charge in [-0.05, 0) is 44.4 Å². The molecule has 0 saturated carbocycles. The van der Waals surface area contributed by atoms with Crippen LogP contribution in [0.4, 0.5) is 0 Å². The lowest BCUT2D eigenvalue weighted by Crippen LogP contribution is -2.54. The molecule has 0 bridgehead atoms. The van der Waals surface area contributed by atoms with Crippen LogP contribution in [0.3, 0.4) is 0 Å². The van der Waals surface area contributed by atoms with E-state index in [2.05, 4.69) is 36.4 Å². The van der Waals surface area contributed by atoms with Crippen LogP contribution in [0.2, 0.25) is 0 Å². The Morgan fingerprint density at radius 1 is 0.542 bits per heavy atom. The molecular formula is C39H46O9. The lowest BCUT2D eigenvalue weighted by molar-refractivity contribution is -0.222. The zero-order valence-corrected chi connectivity index (χ0v) is 28.0. The standard InChI is InChI=1S/C39H46O9/c1-38(2)45-34-30(44-37-36(35(34)46-38)47-39(3,4)48-37)21-20-29-32(41-23-27-16-10-6-11-17-27)33(42-24-28-18-12-7-13-19-28)31(43-29)25-40-22-26-14-8-5-9-15-26/h5-21,29-37H,22-25H2,1-4H3/b21-20-/t29-,30+,31+,32-,33+,34-,35-,36+,37+/m0/s1. The number of ether oxygens (including phenoxy) is 9. The van der Waals surface area contributed by atoms with Crippen molar-refractivity contribution in [3.63, 3.8) is 0 Å². The summed E-state index contributed by atoms with van der Waals surface area (Å²) in [5.41, 5.74) is 3.23. The first-order valence-corrected chi connectivity index (χ1v) is 16.9. The molecule has 0 N–H and O–H groups in total. The smallest absolute Gasteiger partial charge is 0.190 e. The molecule has 4 heterocycles. The van der Waals surface area contributed by atoms with Gasteiger partial charge in [-0.3, -0.25) is 0 Å². The van der Waals surface area contributed by atoms with Crippen LogP contribution in [0.15, 0.2) is 103 Å². The molecule has 4 aliphatic rings. The average Bonchev–Trinajstić information content (AvgIpc) is 3.71. The van der Waals surface area contributed by atoms with E-state index < -0.39 is 54.5 Å². The van der Waals surface area contributed by atoms with Crippen LogP contribution in [0.1, 0.15) is 44.4 Å². The van der Waals surface area contributed by atoms with E-state index in [1.807, 2.05) is 94.4 Å². The Bertz CT molecular complexity index is 1480. The highest BCUT2D eigenvalue weighted by Crippen LogP contribution is 2.44. The molecule has 7 rings (SSSR count). The molecule has 0 radical (unpaired) electrons. The van der Waals surface area contributed by atoms with Crippen LogP contribution in [0.25, 0.3) is 0 Å². The van der Waals surface area contributed by atoms with Crippen LogP contribution >= 0.6 is 0 Å². The number of rotatable bonds is 12. The summed E-state index contributed by atoms with van der Waals surface area (Å²) in [4.78, 5) is 0. The SMILES string of the molecule is CC1(C)O[C@H]2[C@@H](O1)[C@@H](/C=C\[C@@H]1O[C@H](COCc3ccccc3)[C@@H](OCc3ccccc3)[C@H]1OCc1ccccc1)O[C@@H]1OC(C)(C)O[C@@H]12. The van der Waals surface area contributed by atoms with Gasteiger partial charge in [0.2, 0.25) is 0 Å². The van der Waals surface area contributed by atoms with Gasteiger partial charge in [0.25, 0.3) is 0 Å². The van der Waals surface area contributed by atoms with Crippen LogP contribution in [0, 0.1) is 0 Å².